The van der Waals surface area contributed by atoms with Crippen LogP contribution in [0.15, 0.2) is 12.1 Å². The van der Waals surface area contributed by atoms with Gasteiger partial charge in [-0.3, -0.25) is 0 Å². The van der Waals surface area contributed by atoms with Crippen LogP contribution >= 0.6 is 0 Å². The molecule has 0 bridgehead atoms. The molecular formula is C20H31N4O2+. The molecule has 0 aliphatic rings. The number of aryl methyl sites for hydroxylation is 2. The number of methoxy groups -OCH3 is 2. The molecule has 2 aromatic rings. The van der Waals surface area contributed by atoms with E-state index in [9.17, 15) is 0 Å². The third-order valence-corrected chi connectivity index (χ3v) is 4.44. The summed E-state index contributed by atoms with van der Waals surface area (Å²) >= 11 is 0. The van der Waals surface area contributed by atoms with Gasteiger partial charge in [-0.25, -0.2) is 4.98 Å². The van der Waals surface area contributed by atoms with Crippen LogP contribution < -0.4 is 14.0 Å². The molecule has 2 rings (SSSR count). The molecule has 0 aliphatic carbocycles. The molecule has 6 heteroatoms. The minimum Gasteiger partial charge on any atom is -0.467 e. The summed E-state index contributed by atoms with van der Waals surface area (Å²) in [6.45, 7) is 15.4. The fourth-order valence-corrected chi connectivity index (χ4v) is 2.82. The largest absolute Gasteiger partial charge is 0.467 e. The Bertz CT molecular complexity index is 795. The molecule has 26 heavy (non-hydrogen) atoms. The normalized spacial score (nSPS) is 12.2. The van der Waals surface area contributed by atoms with Crippen LogP contribution in [0.4, 0.5) is 0 Å². The van der Waals surface area contributed by atoms with Crippen molar-refractivity contribution < 1.29 is 14.0 Å². The van der Waals surface area contributed by atoms with Crippen LogP contribution in [-0.2, 0) is 17.4 Å². The highest BCUT2D eigenvalue weighted by Crippen LogP contribution is 2.26. The zero-order valence-electron chi connectivity index (χ0n) is 17.5. The molecule has 0 unspecified atom stereocenters. The van der Waals surface area contributed by atoms with E-state index < -0.39 is 0 Å². The predicted octanol–water partition coefficient (Wildman–Crippen LogP) is 3.07. The first-order valence-corrected chi connectivity index (χ1v) is 8.84. The number of aromatic nitrogens is 4. The standard InChI is InChI=1S/C20H31N4O2/c1-13-10-16(23-18(21-13)26-9)20(6,7)12-24-14(2)22-15(19(3,4)5)11-17(24)25-8/h10-11H,12H2,1-9H3/q+1. The number of hydrogen-bond donors (Lipinski definition) is 0. The van der Waals surface area contributed by atoms with E-state index in [0.29, 0.717) is 12.6 Å². The Hall–Kier alpha value is -2.24. The van der Waals surface area contributed by atoms with Gasteiger partial charge in [-0.15, -0.1) is 0 Å². The van der Waals surface area contributed by atoms with E-state index in [1.165, 1.54) is 0 Å². The highest BCUT2D eigenvalue weighted by atomic mass is 16.5. The zero-order chi connectivity index (χ0) is 19.7. The Morgan fingerprint density at radius 1 is 0.885 bits per heavy atom. The van der Waals surface area contributed by atoms with Crippen molar-refractivity contribution in [2.45, 2.75) is 65.8 Å². The van der Waals surface area contributed by atoms with Crippen LogP contribution in [0.5, 0.6) is 11.9 Å². The van der Waals surface area contributed by atoms with Gasteiger partial charge in [-0.1, -0.05) is 39.6 Å². The summed E-state index contributed by atoms with van der Waals surface area (Å²) in [5.74, 6) is 1.72. The molecule has 0 radical (unpaired) electrons. The lowest BCUT2D eigenvalue weighted by atomic mass is 9.88. The third-order valence-electron chi connectivity index (χ3n) is 4.44. The van der Waals surface area contributed by atoms with E-state index in [0.717, 1.165) is 28.8 Å². The molecule has 0 N–H and O–H groups in total. The molecule has 0 saturated heterocycles. The van der Waals surface area contributed by atoms with Gasteiger partial charge in [-0.2, -0.15) is 9.55 Å². The minimum absolute atomic E-state index is 0.0379. The van der Waals surface area contributed by atoms with Gasteiger partial charge in [0.1, 0.15) is 6.54 Å². The number of nitrogens with zero attached hydrogens (tertiary/aromatic N) is 4. The van der Waals surface area contributed by atoms with Gasteiger partial charge in [-0.05, 0) is 13.0 Å². The van der Waals surface area contributed by atoms with Crippen LogP contribution in [0.25, 0.3) is 0 Å². The van der Waals surface area contributed by atoms with Crippen LogP contribution in [0.2, 0.25) is 0 Å². The van der Waals surface area contributed by atoms with Gasteiger partial charge in [0.2, 0.25) is 0 Å². The van der Waals surface area contributed by atoms with E-state index in [4.69, 9.17) is 14.5 Å². The molecular weight excluding hydrogens is 328 g/mol. The Labute approximate surface area is 156 Å². The van der Waals surface area contributed by atoms with Crippen molar-refractivity contribution in [1.29, 1.82) is 0 Å². The van der Waals surface area contributed by atoms with Crippen molar-refractivity contribution in [3.63, 3.8) is 0 Å². The van der Waals surface area contributed by atoms with Gasteiger partial charge in [0.05, 0.1) is 26.0 Å². The number of rotatable bonds is 5. The first-order chi connectivity index (χ1) is 12.0. The second-order valence-electron chi connectivity index (χ2n) is 8.33. The van der Waals surface area contributed by atoms with Crippen molar-refractivity contribution >= 4 is 0 Å². The van der Waals surface area contributed by atoms with Gasteiger partial charge >= 0.3 is 6.01 Å². The predicted molar refractivity (Wildman–Crippen MR) is 101 cm³/mol. The molecule has 0 amide bonds. The zero-order valence-corrected chi connectivity index (χ0v) is 17.5. The molecule has 0 aromatic carbocycles. The maximum atomic E-state index is 5.68. The fourth-order valence-electron chi connectivity index (χ4n) is 2.82. The second-order valence-corrected chi connectivity index (χ2v) is 8.33. The van der Waals surface area contributed by atoms with Crippen LogP contribution in [0.1, 0.15) is 57.5 Å². The van der Waals surface area contributed by atoms with Crippen molar-refractivity contribution in [2.75, 3.05) is 14.2 Å². The summed E-state index contributed by atoms with van der Waals surface area (Å²) in [5, 5.41) is 0. The van der Waals surface area contributed by atoms with Gasteiger partial charge in [0.25, 0.3) is 11.7 Å². The van der Waals surface area contributed by atoms with Crippen LogP contribution in [-0.4, -0.2) is 29.2 Å². The molecule has 0 fully saturated rings. The lowest BCUT2D eigenvalue weighted by Crippen LogP contribution is -2.48. The smallest absolute Gasteiger partial charge is 0.316 e. The molecule has 6 nitrogen and oxygen atoms in total. The van der Waals surface area contributed by atoms with Crippen LogP contribution in [0, 0.1) is 13.8 Å². The van der Waals surface area contributed by atoms with E-state index >= 15 is 0 Å². The van der Waals surface area contributed by atoms with E-state index in [1.54, 1.807) is 14.2 Å². The average molecular weight is 359 g/mol. The Morgan fingerprint density at radius 2 is 1.54 bits per heavy atom. The van der Waals surface area contributed by atoms with E-state index in [-0.39, 0.29) is 10.8 Å². The monoisotopic (exact) mass is 359 g/mol. The molecule has 0 spiro atoms. The maximum absolute atomic E-state index is 5.68. The van der Waals surface area contributed by atoms with E-state index in [2.05, 4.69) is 49.2 Å². The molecule has 0 saturated carbocycles. The average Bonchev–Trinajstić information content (AvgIpc) is 2.54. The summed E-state index contributed by atoms with van der Waals surface area (Å²) in [6.07, 6.45) is 0. The third kappa shape index (κ3) is 4.29. The number of hydrogen-bond acceptors (Lipinski definition) is 5. The lowest BCUT2D eigenvalue weighted by Gasteiger charge is -2.25. The van der Waals surface area contributed by atoms with Gasteiger partial charge in [0.15, 0.2) is 5.69 Å². The molecule has 0 aliphatic heterocycles. The molecule has 142 valence electrons. The van der Waals surface area contributed by atoms with Gasteiger partial charge < -0.3 is 9.47 Å². The Balaban J connectivity index is 2.48. The van der Waals surface area contributed by atoms with Crippen molar-refractivity contribution in [1.82, 2.24) is 15.0 Å². The summed E-state index contributed by atoms with van der Waals surface area (Å²) in [7, 11) is 3.28. The van der Waals surface area contributed by atoms with Gasteiger partial charge in [0, 0.05) is 23.4 Å². The SMILES string of the molecule is COc1nc(C)cc(C(C)(C)C[n+]2c(OC)cc(C(C)(C)C)nc2C)n1. The summed E-state index contributed by atoms with van der Waals surface area (Å²) < 4.78 is 13.0. The Morgan fingerprint density at radius 3 is 2.08 bits per heavy atom. The first kappa shape index (κ1) is 20.1. The maximum Gasteiger partial charge on any atom is 0.316 e. The quantitative estimate of drug-likeness (QED) is 0.768. The summed E-state index contributed by atoms with van der Waals surface area (Å²) in [5.41, 5.74) is 2.53. The Kier molecular flexibility index (Phi) is 5.54. The number of ether oxygens (including phenoxy) is 2. The highest BCUT2D eigenvalue weighted by Gasteiger charge is 2.32. The van der Waals surface area contributed by atoms with E-state index in [1.807, 2.05) is 26.0 Å². The molecule has 2 aromatic heterocycles. The van der Waals surface area contributed by atoms with Crippen molar-refractivity contribution in [3.8, 4) is 11.9 Å². The minimum atomic E-state index is -0.255. The first-order valence-electron chi connectivity index (χ1n) is 8.84. The molecule has 2 heterocycles. The summed E-state index contributed by atoms with van der Waals surface area (Å²) in [4.78, 5) is 13.6. The topological polar surface area (TPSA) is 61.0 Å². The fraction of sp³-hybridized carbons (Fsp3) is 0.600. The highest BCUT2D eigenvalue weighted by molar-refractivity contribution is 5.21. The van der Waals surface area contributed by atoms with Crippen molar-refractivity contribution in [2.24, 2.45) is 0 Å². The van der Waals surface area contributed by atoms with Crippen molar-refractivity contribution in [3.05, 3.63) is 35.0 Å². The molecule has 0 atom stereocenters. The van der Waals surface area contributed by atoms with Crippen LogP contribution in [0.3, 0.4) is 0 Å². The summed E-state index contributed by atoms with van der Waals surface area (Å²) in [6, 6.07) is 4.42. The second kappa shape index (κ2) is 7.17. The lowest BCUT2D eigenvalue weighted by molar-refractivity contribution is -0.717.